The van der Waals surface area contributed by atoms with Crippen LogP contribution in [0.3, 0.4) is 0 Å². The Labute approximate surface area is 172 Å². The van der Waals surface area contributed by atoms with Crippen LogP contribution in [-0.2, 0) is 21.0 Å². The van der Waals surface area contributed by atoms with E-state index in [0.29, 0.717) is 10.4 Å². The summed E-state index contributed by atoms with van der Waals surface area (Å²) < 4.78 is 76.8. The molecule has 0 saturated carbocycles. The number of sulfonamides is 1. The number of anilines is 1. The molecule has 0 bridgehead atoms. The van der Waals surface area contributed by atoms with E-state index in [2.05, 4.69) is 5.32 Å². The third-order valence-corrected chi connectivity index (χ3v) is 5.84. The van der Waals surface area contributed by atoms with E-state index in [1.165, 1.54) is 38.5 Å². The van der Waals surface area contributed by atoms with E-state index < -0.39 is 34.2 Å². The molecule has 164 valence electrons. The number of methoxy groups -OCH3 is 2. The Morgan fingerprint density at radius 1 is 1.07 bits per heavy atom. The molecule has 1 amide bonds. The predicted octanol–water partition coefficient (Wildman–Crippen LogP) is 3.05. The van der Waals surface area contributed by atoms with E-state index in [0.717, 1.165) is 12.1 Å². The van der Waals surface area contributed by atoms with Crippen molar-refractivity contribution in [2.75, 3.05) is 31.6 Å². The number of carbonyl (C=O) groups is 1. The summed E-state index contributed by atoms with van der Waals surface area (Å²) in [4.78, 5) is 11.8. The summed E-state index contributed by atoms with van der Waals surface area (Å²) in [6.07, 6.45) is -4.68. The summed E-state index contributed by atoms with van der Waals surface area (Å²) in [6.45, 7) is 1.16. The maximum Gasteiger partial charge on any atom is 0.416 e. The highest BCUT2D eigenvalue weighted by Crippen LogP contribution is 2.35. The Morgan fingerprint density at radius 2 is 1.73 bits per heavy atom. The van der Waals surface area contributed by atoms with Crippen molar-refractivity contribution in [2.45, 2.75) is 18.0 Å². The summed E-state index contributed by atoms with van der Waals surface area (Å²) >= 11 is 0. The van der Waals surface area contributed by atoms with Crippen molar-refractivity contribution in [3.63, 3.8) is 0 Å². The summed E-state index contributed by atoms with van der Waals surface area (Å²) in [7, 11) is -1.73. The van der Waals surface area contributed by atoms with E-state index in [1.54, 1.807) is 6.92 Å². The average Bonchev–Trinajstić information content (AvgIpc) is 2.71. The Balaban J connectivity index is 2.61. The molecular weight excluding hydrogens is 425 g/mol. The molecule has 0 heterocycles. The normalized spacial score (nSPS) is 11.7. The molecule has 7 nitrogen and oxygen atoms in total. The van der Waals surface area contributed by atoms with Crippen molar-refractivity contribution in [2.24, 2.45) is 0 Å². The van der Waals surface area contributed by atoms with Crippen LogP contribution in [0, 0.1) is 0 Å². The number of hydrogen-bond donors (Lipinski definition) is 1. The van der Waals surface area contributed by atoms with Gasteiger partial charge in [-0.3, -0.25) is 9.10 Å². The van der Waals surface area contributed by atoms with Gasteiger partial charge in [0.1, 0.15) is 6.54 Å². The molecule has 0 fully saturated rings. The summed E-state index contributed by atoms with van der Waals surface area (Å²) in [5.41, 5.74) is -1.34. The average molecular weight is 446 g/mol. The number of halogens is 3. The van der Waals surface area contributed by atoms with E-state index in [-0.39, 0.29) is 28.6 Å². The van der Waals surface area contributed by atoms with E-state index in [1.807, 2.05) is 0 Å². The zero-order valence-corrected chi connectivity index (χ0v) is 17.3. The topological polar surface area (TPSA) is 84.9 Å². The minimum atomic E-state index is -4.68. The largest absolute Gasteiger partial charge is 0.493 e. The van der Waals surface area contributed by atoms with Crippen molar-refractivity contribution in [1.82, 2.24) is 5.32 Å². The number of benzene rings is 2. The third-order valence-electron chi connectivity index (χ3n) is 4.07. The highest BCUT2D eigenvalue weighted by Gasteiger charge is 2.33. The molecule has 0 unspecified atom stereocenters. The minimum absolute atomic E-state index is 0.112. The lowest BCUT2D eigenvalue weighted by Crippen LogP contribution is -2.41. The number of amides is 1. The zero-order chi connectivity index (χ0) is 22.5. The van der Waals surface area contributed by atoms with Gasteiger partial charge in [0.25, 0.3) is 10.0 Å². The Bertz CT molecular complexity index is 1010. The van der Waals surface area contributed by atoms with Gasteiger partial charge in [-0.25, -0.2) is 8.42 Å². The molecule has 2 rings (SSSR count). The molecule has 0 aromatic heterocycles. The second-order valence-corrected chi connectivity index (χ2v) is 7.89. The predicted molar refractivity (Wildman–Crippen MR) is 104 cm³/mol. The quantitative estimate of drug-likeness (QED) is 0.674. The van der Waals surface area contributed by atoms with Gasteiger partial charge in [-0.1, -0.05) is 6.07 Å². The number of hydrogen-bond acceptors (Lipinski definition) is 5. The van der Waals surface area contributed by atoms with Gasteiger partial charge in [0.2, 0.25) is 5.91 Å². The first-order valence-corrected chi connectivity index (χ1v) is 10.2. The number of alkyl halides is 3. The van der Waals surface area contributed by atoms with E-state index in [9.17, 15) is 26.4 Å². The molecule has 0 atom stereocenters. The second-order valence-electron chi connectivity index (χ2n) is 6.03. The Kier molecular flexibility index (Phi) is 7.19. The van der Waals surface area contributed by atoms with Crippen molar-refractivity contribution in [3.05, 3.63) is 48.0 Å². The van der Waals surface area contributed by atoms with Gasteiger partial charge >= 0.3 is 6.18 Å². The number of ether oxygens (including phenoxy) is 2. The molecule has 0 aliphatic carbocycles. The number of nitrogens with zero attached hydrogens (tertiary/aromatic N) is 1. The van der Waals surface area contributed by atoms with Gasteiger partial charge < -0.3 is 14.8 Å². The summed E-state index contributed by atoms with van der Waals surface area (Å²) in [5, 5.41) is 2.44. The highest BCUT2D eigenvalue weighted by atomic mass is 32.2. The molecule has 0 aliphatic rings. The fourth-order valence-corrected chi connectivity index (χ4v) is 4.07. The molecule has 2 aromatic carbocycles. The first-order valence-electron chi connectivity index (χ1n) is 8.73. The van der Waals surface area contributed by atoms with Gasteiger partial charge in [-0.15, -0.1) is 0 Å². The number of nitrogens with one attached hydrogen (secondary N) is 1. The third kappa shape index (κ3) is 5.15. The van der Waals surface area contributed by atoms with Crippen molar-refractivity contribution in [3.8, 4) is 11.5 Å². The fraction of sp³-hybridized carbons (Fsp3) is 0.316. The first kappa shape index (κ1) is 23.3. The maximum absolute atomic E-state index is 13.3. The van der Waals surface area contributed by atoms with Crippen LogP contribution in [0.2, 0.25) is 0 Å². The first-order chi connectivity index (χ1) is 14.0. The molecule has 2 aromatic rings. The molecular formula is C19H21F3N2O5S. The van der Waals surface area contributed by atoms with Gasteiger partial charge in [-0.2, -0.15) is 13.2 Å². The van der Waals surface area contributed by atoms with Crippen LogP contribution in [0.25, 0.3) is 0 Å². The van der Waals surface area contributed by atoms with Crippen molar-refractivity contribution >= 4 is 21.6 Å². The lowest BCUT2D eigenvalue weighted by Gasteiger charge is -2.25. The van der Waals surface area contributed by atoms with E-state index in [4.69, 9.17) is 9.47 Å². The lowest BCUT2D eigenvalue weighted by molar-refractivity contribution is -0.137. The van der Waals surface area contributed by atoms with Crippen LogP contribution in [0.1, 0.15) is 12.5 Å². The van der Waals surface area contributed by atoms with Crippen LogP contribution in [0.5, 0.6) is 11.5 Å². The lowest BCUT2D eigenvalue weighted by atomic mass is 10.2. The molecule has 0 aliphatic heterocycles. The minimum Gasteiger partial charge on any atom is -0.493 e. The highest BCUT2D eigenvalue weighted by molar-refractivity contribution is 7.92. The van der Waals surface area contributed by atoms with Crippen LogP contribution < -0.4 is 19.1 Å². The Morgan fingerprint density at radius 3 is 2.30 bits per heavy atom. The van der Waals surface area contributed by atoms with Crippen molar-refractivity contribution < 1.29 is 35.9 Å². The van der Waals surface area contributed by atoms with Gasteiger partial charge in [-0.05, 0) is 37.3 Å². The van der Waals surface area contributed by atoms with E-state index >= 15 is 0 Å². The number of carbonyl (C=O) groups excluding carboxylic acids is 1. The van der Waals surface area contributed by atoms with Crippen LogP contribution in [-0.4, -0.2) is 41.6 Å². The van der Waals surface area contributed by atoms with Crippen LogP contribution in [0.15, 0.2) is 47.4 Å². The van der Waals surface area contributed by atoms with Gasteiger partial charge in [0.15, 0.2) is 11.5 Å². The monoisotopic (exact) mass is 446 g/mol. The number of rotatable bonds is 8. The zero-order valence-electron chi connectivity index (χ0n) is 16.5. The molecule has 0 saturated heterocycles. The summed E-state index contributed by atoms with van der Waals surface area (Å²) in [6, 6.07) is 7.50. The second kappa shape index (κ2) is 9.24. The summed E-state index contributed by atoms with van der Waals surface area (Å²) in [5.74, 6) is -0.287. The van der Waals surface area contributed by atoms with Crippen LogP contribution in [0.4, 0.5) is 18.9 Å². The number of likely N-dealkylation sites (N-methyl/N-ethyl adjacent to an activating group) is 1. The van der Waals surface area contributed by atoms with Gasteiger partial charge in [0.05, 0.1) is 30.4 Å². The maximum atomic E-state index is 13.3. The van der Waals surface area contributed by atoms with Gasteiger partial charge in [0, 0.05) is 12.6 Å². The SMILES string of the molecule is CCNC(=O)CN(c1cccc(C(F)(F)F)c1)S(=O)(=O)c1ccc(OC)c(OC)c1. The molecule has 30 heavy (non-hydrogen) atoms. The molecule has 0 radical (unpaired) electrons. The Hall–Kier alpha value is -2.95. The fourth-order valence-electron chi connectivity index (χ4n) is 2.64. The molecule has 1 N–H and O–H groups in total. The smallest absolute Gasteiger partial charge is 0.416 e. The van der Waals surface area contributed by atoms with Crippen molar-refractivity contribution in [1.29, 1.82) is 0 Å². The van der Waals surface area contributed by atoms with Crippen LogP contribution >= 0.6 is 0 Å². The standard InChI is InChI=1S/C19H21F3N2O5S/c1-4-23-18(25)12-24(14-7-5-6-13(10-14)19(20,21)22)30(26,27)15-8-9-16(28-2)17(11-15)29-3/h5-11H,4,12H2,1-3H3,(H,23,25). The molecule has 0 spiro atoms. The molecule has 11 heteroatoms.